The molecule has 1 aromatic carbocycles. The zero-order valence-electron chi connectivity index (χ0n) is 13.5. The van der Waals surface area contributed by atoms with Crippen molar-refractivity contribution in [1.29, 1.82) is 0 Å². The van der Waals surface area contributed by atoms with E-state index in [0.717, 1.165) is 30.8 Å². The highest BCUT2D eigenvalue weighted by atomic mass is 32.2. The molecule has 0 bridgehead atoms. The quantitative estimate of drug-likeness (QED) is 0.851. The zero-order chi connectivity index (χ0) is 16.4. The van der Waals surface area contributed by atoms with Crippen LogP contribution in [0, 0.1) is 13.8 Å². The second kappa shape index (κ2) is 6.73. The number of hydrogen-bond donors (Lipinski definition) is 0. The summed E-state index contributed by atoms with van der Waals surface area (Å²) in [5.41, 5.74) is 2.13. The van der Waals surface area contributed by atoms with Gasteiger partial charge in [-0.3, -0.25) is 4.90 Å². The highest BCUT2D eigenvalue weighted by molar-refractivity contribution is 7.89. The maximum absolute atomic E-state index is 12.8. The van der Waals surface area contributed by atoms with Gasteiger partial charge in [0.25, 0.3) is 0 Å². The van der Waals surface area contributed by atoms with E-state index in [-0.39, 0.29) is 0 Å². The molecule has 4 nitrogen and oxygen atoms in total. The van der Waals surface area contributed by atoms with Gasteiger partial charge in [0.2, 0.25) is 10.0 Å². The molecule has 3 rings (SSSR count). The SMILES string of the molecule is Cc1ccc(S(=O)(=O)N2CCN(Cc3cccs3)CC2)cc1C. The fourth-order valence-corrected chi connectivity index (χ4v) is 5.03. The average Bonchev–Trinajstić information content (AvgIpc) is 3.03. The Bertz CT molecular complexity index is 762. The lowest BCUT2D eigenvalue weighted by molar-refractivity contribution is 0.183. The molecule has 0 N–H and O–H groups in total. The lowest BCUT2D eigenvalue weighted by Crippen LogP contribution is -2.48. The minimum absolute atomic E-state index is 0.410. The van der Waals surface area contributed by atoms with E-state index >= 15 is 0 Å². The lowest BCUT2D eigenvalue weighted by atomic mass is 10.1. The van der Waals surface area contributed by atoms with Crippen LogP contribution in [0.5, 0.6) is 0 Å². The summed E-state index contributed by atoms with van der Waals surface area (Å²) >= 11 is 1.75. The molecule has 2 aromatic rings. The standard InChI is InChI=1S/C17H22N2O2S2/c1-14-5-6-17(12-15(14)2)23(20,21)19-9-7-18(8-10-19)13-16-4-3-11-22-16/h3-6,11-12H,7-10,13H2,1-2H3. The molecule has 124 valence electrons. The van der Waals surface area contributed by atoms with E-state index < -0.39 is 10.0 Å². The van der Waals surface area contributed by atoms with Crippen LogP contribution < -0.4 is 0 Å². The summed E-state index contributed by atoms with van der Waals surface area (Å²) < 4.78 is 27.2. The smallest absolute Gasteiger partial charge is 0.243 e. The molecule has 2 heterocycles. The Morgan fingerprint density at radius 1 is 1.04 bits per heavy atom. The number of piperazine rings is 1. The molecule has 1 aliphatic heterocycles. The fourth-order valence-electron chi connectivity index (χ4n) is 2.77. The van der Waals surface area contributed by atoms with Gasteiger partial charge in [-0.2, -0.15) is 4.31 Å². The van der Waals surface area contributed by atoms with Gasteiger partial charge >= 0.3 is 0 Å². The molecule has 0 aliphatic carbocycles. The van der Waals surface area contributed by atoms with Crippen LogP contribution in [0.3, 0.4) is 0 Å². The number of sulfonamides is 1. The van der Waals surface area contributed by atoms with E-state index in [0.29, 0.717) is 18.0 Å². The van der Waals surface area contributed by atoms with E-state index in [1.54, 1.807) is 27.8 Å². The molecule has 0 saturated carbocycles. The van der Waals surface area contributed by atoms with Crippen LogP contribution in [0.25, 0.3) is 0 Å². The number of rotatable bonds is 4. The third-order valence-electron chi connectivity index (χ3n) is 4.41. The molecular weight excluding hydrogens is 328 g/mol. The van der Waals surface area contributed by atoms with Crippen molar-refractivity contribution in [1.82, 2.24) is 9.21 Å². The van der Waals surface area contributed by atoms with Gasteiger partial charge in [-0.25, -0.2) is 8.42 Å². The van der Waals surface area contributed by atoms with Gasteiger partial charge in [-0.05, 0) is 48.6 Å². The first-order valence-electron chi connectivity index (χ1n) is 7.79. The summed E-state index contributed by atoms with van der Waals surface area (Å²) in [5.74, 6) is 0. The minimum Gasteiger partial charge on any atom is -0.296 e. The van der Waals surface area contributed by atoms with Crippen LogP contribution in [0.2, 0.25) is 0 Å². The van der Waals surface area contributed by atoms with Crippen LogP contribution >= 0.6 is 11.3 Å². The first kappa shape index (κ1) is 16.6. The second-order valence-electron chi connectivity index (χ2n) is 6.01. The monoisotopic (exact) mass is 350 g/mol. The number of nitrogens with zero attached hydrogens (tertiary/aromatic N) is 2. The predicted octanol–water partition coefficient (Wildman–Crippen LogP) is 2.87. The third-order valence-corrected chi connectivity index (χ3v) is 7.16. The van der Waals surface area contributed by atoms with Crippen molar-refractivity contribution in [2.24, 2.45) is 0 Å². The molecule has 0 spiro atoms. The molecule has 0 radical (unpaired) electrons. The van der Waals surface area contributed by atoms with Gasteiger partial charge in [0, 0.05) is 37.6 Å². The molecule has 1 aromatic heterocycles. The van der Waals surface area contributed by atoms with E-state index in [1.807, 2.05) is 19.9 Å². The van der Waals surface area contributed by atoms with Crippen molar-refractivity contribution in [3.8, 4) is 0 Å². The zero-order valence-corrected chi connectivity index (χ0v) is 15.2. The summed E-state index contributed by atoms with van der Waals surface area (Å²) in [7, 11) is -3.38. The van der Waals surface area contributed by atoms with Gasteiger partial charge < -0.3 is 0 Å². The Labute approximate surface area is 142 Å². The number of aryl methyl sites for hydroxylation is 2. The molecule has 1 saturated heterocycles. The maximum atomic E-state index is 12.8. The number of thiophene rings is 1. The molecule has 6 heteroatoms. The van der Waals surface area contributed by atoms with E-state index in [4.69, 9.17) is 0 Å². The Balaban J connectivity index is 1.67. The highest BCUT2D eigenvalue weighted by Crippen LogP contribution is 2.21. The maximum Gasteiger partial charge on any atom is 0.243 e. The summed E-state index contributed by atoms with van der Waals surface area (Å²) in [6, 6.07) is 9.57. The number of hydrogen-bond acceptors (Lipinski definition) is 4. The van der Waals surface area contributed by atoms with E-state index in [9.17, 15) is 8.42 Å². The van der Waals surface area contributed by atoms with Gasteiger partial charge in [0.1, 0.15) is 0 Å². The van der Waals surface area contributed by atoms with Crippen molar-refractivity contribution in [3.05, 3.63) is 51.7 Å². The summed E-state index contributed by atoms with van der Waals surface area (Å²) in [6.45, 7) is 7.53. The molecule has 0 unspecified atom stereocenters. The fraction of sp³-hybridized carbons (Fsp3) is 0.412. The Kier molecular flexibility index (Phi) is 4.87. The lowest BCUT2D eigenvalue weighted by Gasteiger charge is -2.33. The van der Waals surface area contributed by atoms with Crippen LogP contribution in [0.1, 0.15) is 16.0 Å². The van der Waals surface area contributed by atoms with Crippen LogP contribution in [-0.2, 0) is 16.6 Å². The van der Waals surface area contributed by atoms with Crippen LogP contribution in [0.15, 0.2) is 40.6 Å². The van der Waals surface area contributed by atoms with Crippen molar-refractivity contribution in [3.63, 3.8) is 0 Å². The highest BCUT2D eigenvalue weighted by Gasteiger charge is 2.28. The van der Waals surface area contributed by atoms with Crippen molar-refractivity contribution < 1.29 is 8.42 Å². The summed E-state index contributed by atoms with van der Waals surface area (Å²) in [6.07, 6.45) is 0. The van der Waals surface area contributed by atoms with Crippen molar-refractivity contribution >= 4 is 21.4 Å². The first-order chi connectivity index (χ1) is 11.0. The molecule has 1 aliphatic rings. The van der Waals surface area contributed by atoms with Crippen molar-refractivity contribution in [2.45, 2.75) is 25.3 Å². The van der Waals surface area contributed by atoms with Gasteiger partial charge in [-0.1, -0.05) is 12.1 Å². The predicted molar refractivity (Wildman–Crippen MR) is 94.3 cm³/mol. The van der Waals surface area contributed by atoms with Gasteiger partial charge in [0.05, 0.1) is 4.90 Å². The summed E-state index contributed by atoms with van der Waals surface area (Å²) in [5, 5.41) is 2.08. The molecule has 0 atom stereocenters. The third kappa shape index (κ3) is 3.66. The number of benzene rings is 1. The first-order valence-corrected chi connectivity index (χ1v) is 10.1. The average molecular weight is 351 g/mol. The molecule has 23 heavy (non-hydrogen) atoms. The van der Waals surface area contributed by atoms with Crippen molar-refractivity contribution in [2.75, 3.05) is 26.2 Å². The topological polar surface area (TPSA) is 40.6 Å². The van der Waals surface area contributed by atoms with E-state index in [2.05, 4.69) is 22.4 Å². The Morgan fingerprint density at radius 3 is 2.39 bits per heavy atom. The largest absolute Gasteiger partial charge is 0.296 e. The second-order valence-corrected chi connectivity index (χ2v) is 8.98. The Hall–Kier alpha value is -1.21. The minimum atomic E-state index is -3.38. The Morgan fingerprint density at radius 2 is 1.78 bits per heavy atom. The normalized spacial score (nSPS) is 17.5. The van der Waals surface area contributed by atoms with Crippen LogP contribution in [0.4, 0.5) is 0 Å². The molecule has 1 fully saturated rings. The van der Waals surface area contributed by atoms with Gasteiger partial charge in [0.15, 0.2) is 0 Å². The van der Waals surface area contributed by atoms with Gasteiger partial charge in [-0.15, -0.1) is 11.3 Å². The summed E-state index contributed by atoms with van der Waals surface area (Å²) in [4.78, 5) is 4.06. The molecule has 0 amide bonds. The molecular formula is C17H22N2O2S2. The van der Waals surface area contributed by atoms with E-state index in [1.165, 1.54) is 4.88 Å². The van der Waals surface area contributed by atoms with Crippen LogP contribution in [-0.4, -0.2) is 43.8 Å².